The van der Waals surface area contributed by atoms with E-state index in [1.165, 1.54) is 0 Å². The summed E-state index contributed by atoms with van der Waals surface area (Å²) in [6.07, 6.45) is 3.92. The van der Waals surface area contributed by atoms with Gasteiger partial charge in [0.15, 0.2) is 0 Å². The number of pyridine rings is 1. The predicted octanol–water partition coefficient (Wildman–Crippen LogP) is 12.6. The molecule has 0 amide bonds. The van der Waals surface area contributed by atoms with Crippen molar-refractivity contribution in [2.75, 3.05) is 0 Å². The smallest absolute Gasteiger partial charge is 0.137 e. The van der Waals surface area contributed by atoms with E-state index in [1.54, 1.807) is 0 Å². The zero-order chi connectivity index (χ0) is 35.5. The fourth-order valence-electron chi connectivity index (χ4n) is 8.85. The minimum Gasteiger partial charge on any atom is -0.456 e. The van der Waals surface area contributed by atoms with E-state index >= 15 is 0 Å². The monoisotopic (exact) mass is 690 g/mol. The Morgan fingerprint density at radius 2 is 0.963 bits per heavy atom. The van der Waals surface area contributed by atoms with Crippen LogP contribution in [0.25, 0.3) is 110 Å². The Labute approximate surface area is 306 Å². The Kier molecular flexibility index (Phi) is 5.75. The first-order valence-electron chi connectivity index (χ1n) is 17.9. The summed E-state index contributed by atoms with van der Waals surface area (Å²) in [7, 11) is 0. The Hall–Kier alpha value is -7.62. The molecule has 54 heavy (non-hydrogen) atoms. The largest absolute Gasteiger partial charge is 0.456 e. The molecular weight excluding hydrogens is 665 g/mol. The van der Waals surface area contributed by atoms with Crippen molar-refractivity contribution in [3.63, 3.8) is 0 Å². The second-order valence-corrected chi connectivity index (χ2v) is 13.8. The lowest BCUT2D eigenvalue weighted by molar-refractivity contribution is 0.669. The van der Waals surface area contributed by atoms with Gasteiger partial charge >= 0.3 is 0 Å². The van der Waals surface area contributed by atoms with Crippen LogP contribution in [0, 0.1) is 11.3 Å². The van der Waals surface area contributed by atoms with Gasteiger partial charge in [0.05, 0.1) is 68.2 Å². The fraction of sp³-hybridized carbons (Fsp3) is 0. The molecule has 0 aliphatic carbocycles. The SMILES string of the molecule is N#Cc1cccc(-c2c(-n3c4ccccc4c4ccc5oc6ccccc6c5c43)cncc2-n2c3ccccc3c3ccc4oc5ccccc5c4c32)c1. The molecule has 0 unspecified atom stereocenters. The third-order valence-electron chi connectivity index (χ3n) is 11.0. The van der Waals surface area contributed by atoms with Gasteiger partial charge in [0.1, 0.15) is 22.3 Å². The van der Waals surface area contributed by atoms with E-state index in [9.17, 15) is 5.26 Å². The Morgan fingerprint density at radius 1 is 0.463 bits per heavy atom. The highest BCUT2D eigenvalue weighted by Crippen LogP contribution is 2.46. The Morgan fingerprint density at radius 3 is 1.50 bits per heavy atom. The molecule has 250 valence electrons. The van der Waals surface area contributed by atoms with E-state index < -0.39 is 0 Å². The number of furan rings is 2. The van der Waals surface area contributed by atoms with Crippen molar-refractivity contribution in [2.45, 2.75) is 0 Å². The molecule has 0 radical (unpaired) electrons. The summed E-state index contributed by atoms with van der Waals surface area (Å²) in [4.78, 5) is 5.06. The van der Waals surface area contributed by atoms with Crippen LogP contribution < -0.4 is 0 Å². The molecule has 0 aliphatic rings. The van der Waals surface area contributed by atoms with Crippen LogP contribution >= 0.6 is 0 Å². The molecule has 0 N–H and O–H groups in total. The van der Waals surface area contributed by atoms with Crippen LogP contribution in [0.1, 0.15) is 5.56 Å². The number of nitriles is 1. The van der Waals surface area contributed by atoms with Crippen LogP contribution in [-0.2, 0) is 0 Å². The number of hydrogen-bond acceptors (Lipinski definition) is 4. The lowest BCUT2D eigenvalue weighted by atomic mass is 10.00. The first kappa shape index (κ1) is 29.0. The maximum atomic E-state index is 10.2. The summed E-state index contributed by atoms with van der Waals surface area (Å²) < 4.78 is 17.6. The molecule has 5 aromatic heterocycles. The summed E-state index contributed by atoms with van der Waals surface area (Å²) in [5.74, 6) is 0. The van der Waals surface area contributed by atoms with E-state index in [2.05, 4.69) is 118 Å². The molecule has 0 saturated heterocycles. The average molecular weight is 691 g/mol. The molecule has 0 saturated carbocycles. The van der Waals surface area contributed by atoms with Crippen LogP contribution in [0.5, 0.6) is 0 Å². The molecule has 6 nitrogen and oxygen atoms in total. The quantitative estimate of drug-likeness (QED) is 0.185. The summed E-state index contributed by atoms with van der Waals surface area (Å²) in [6.45, 7) is 0. The van der Waals surface area contributed by atoms with Crippen molar-refractivity contribution in [2.24, 2.45) is 0 Å². The number of benzene rings is 7. The van der Waals surface area contributed by atoms with Crippen LogP contribution in [0.4, 0.5) is 0 Å². The van der Waals surface area contributed by atoms with E-state index in [-0.39, 0.29) is 0 Å². The van der Waals surface area contributed by atoms with Crippen LogP contribution in [0.2, 0.25) is 0 Å². The standard InChI is InChI=1S/C48H26N4O2/c49-25-28-10-9-11-29(24-28)44-38(51-36-16-5-1-12-30(36)32-20-22-42-45(47(32)51)34-14-3-7-18-40(34)53-42)26-50-27-39(44)52-37-17-6-2-13-31(37)33-21-23-43-46(48(33)52)35-15-4-8-19-41(35)54-43/h1-24,26-27H. The van der Waals surface area contributed by atoms with Crippen LogP contribution in [0.15, 0.2) is 167 Å². The summed E-state index contributed by atoms with van der Waals surface area (Å²) in [5.41, 5.74) is 11.7. The number of hydrogen-bond donors (Lipinski definition) is 0. The lowest BCUT2D eigenvalue weighted by Crippen LogP contribution is -2.05. The van der Waals surface area contributed by atoms with E-state index in [0.29, 0.717) is 5.56 Å². The molecule has 0 atom stereocenters. The van der Waals surface area contributed by atoms with E-state index in [0.717, 1.165) is 110 Å². The summed E-state index contributed by atoms with van der Waals surface area (Å²) in [6, 6.07) is 52.3. The van der Waals surface area contributed by atoms with Crippen molar-refractivity contribution in [3.8, 4) is 28.6 Å². The first-order valence-corrected chi connectivity index (χ1v) is 17.9. The van der Waals surface area contributed by atoms with Gasteiger partial charge in [-0.3, -0.25) is 4.98 Å². The highest BCUT2D eigenvalue weighted by Gasteiger charge is 2.26. The average Bonchev–Trinajstić information content (AvgIpc) is 3.98. The highest BCUT2D eigenvalue weighted by atomic mass is 16.3. The third-order valence-corrected chi connectivity index (χ3v) is 11.0. The number of fused-ring (bicyclic) bond motifs is 14. The fourth-order valence-corrected chi connectivity index (χ4v) is 8.85. The normalized spacial score (nSPS) is 12.1. The number of para-hydroxylation sites is 4. The lowest BCUT2D eigenvalue weighted by Gasteiger charge is -2.20. The van der Waals surface area contributed by atoms with Gasteiger partial charge in [-0.15, -0.1) is 0 Å². The molecule has 7 aromatic carbocycles. The molecule has 0 aliphatic heterocycles. The van der Waals surface area contributed by atoms with Crippen LogP contribution in [-0.4, -0.2) is 14.1 Å². The van der Waals surface area contributed by atoms with Crippen molar-refractivity contribution in [3.05, 3.63) is 164 Å². The van der Waals surface area contributed by atoms with Gasteiger partial charge in [-0.25, -0.2) is 0 Å². The van der Waals surface area contributed by atoms with Crippen molar-refractivity contribution >= 4 is 87.5 Å². The maximum absolute atomic E-state index is 10.2. The first-order chi connectivity index (χ1) is 26.8. The maximum Gasteiger partial charge on any atom is 0.137 e. The van der Waals surface area contributed by atoms with Crippen LogP contribution in [0.3, 0.4) is 0 Å². The van der Waals surface area contributed by atoms with Gasteiger partial charge in [0, 0.05) is 37.9 Å². The van der Waals surface area contributed by atoms with Gasteiger partial charge in [0.25, 0.3) is 0 Å². The summed E-state index contributed by atoms with van der Waals surface area (Å²) >= 11 is 0. The van der Waals surface area contributed by atoms with E-state index in [1.807, 2.05) is 54.9 Å². The highest BCUT2D eigenvalue weighted by molar-refractivity contribution is 6.26. The molecule has 0 spiro atoms. The minimum atomic E-state index is 0.581. The molecule has 12 aromatic rings. The predicted molar refractivity (Wildman–Crippen MR) is 218 cm³/mol. The third kappa shape index (κ3) is 3.79. The topological polar surface area (TPSA) is 72.8 Å². The van der Waals surface area contributed by atoms with Gasteiger partial charge in [-0.1, -0.05) is 84.9 Å². The number of rotatable bonds is 3. The number of nitrogens with zero attached hydrogens (tertiary/aromatic N) is 4. The zero-order valence-corrected chi connectivity index (χ0v) is 28.6. The second kappa shape index (κ2) is 10.7. The number of aromatic nitrogens is 3. The molecular formula is C48H26N4O2. The van der Waals surface area contributed by atoms with E-state index in [4.69, 9.17) is 13.8 Å². The zero-order valence-electron chi connectivity index (χ0n) is 28.6. The van der Waals surface area contributed by atoms with Crippen molar-refractivity contribution < 1.29 is 8.83 Å². The molecule has 6 heteroatoms. The minimum absolute atomic E-state index is 0.581. The Bertz CT molecular complexity index is 3380. The Balaban J connectivity index is 1.31. The molecule has 0 fully saturated rings. The van der Waals surface area contributed by atoms with Gasteiger partial charge in [-0.05, 0) is 66.2 Å². The van der Waals surface area contributed by atoms with Crippen molar-refractivity contribution in [1.29, 1.82) is 5.26 Å². The van der Waals surface area contributed by atoms with Gasteiger partial charge in [0.2, 0.25) is 0 Å². The second-order valence-electron chi connectivity index (χ2n) is 13.8. The molecule has 5 heterocycles. The van der Waals surface area contributed by atoms with Gasteiger partial charge in [-0.2, -0.15) is 5.26 Å². The van der Waals surface area contributed by atoms with Crippen molar-refractivity contribution in [1.82, 2.24) is 14.1 Å². The molecule has 12 rings (SSSR count). The van der Waals surface area contributed by atoms with Gasteiger partial charge < -0.3 is 18.0 Å². The molecule has 0 bridgehead atoms. The summed E-state index contributed by atoms with van der Waals surface area (Å²) in [5, 5.41) is 18.9.